The number of aliphatic hydroxyl groups excluding tert-OH is 1. The molecule has 0 spiro atoms. The molecule has 2 aromatic carbocycles. The molecule has 0 unspecified atom stereocenters. The van der Waals surface area contributed by atoms with Crippen LogP contribution in [0.4, 0.5) is 0 Å². The molecular formula is C17H19Cl3NO3-. The lowest BCUT2D eigenvalue weighted by molar-refractivity contribution is -0.00000613. The Kier molecular flexibility index (Phi) is 9.26. The average Bonchev–Trinajstić information content (AvgIpc) is 2.55. The second-order valence-electron chi connectivity index (χ2n) is 4.89. The SMILES string of the molecule is COc1cc(CNCCO)cc(Cl)c1OCc1ccccc1Cl.[Cl-]. The maximum atomic E-state index is 8.80. The molecule has 2 aromatic rings. The van der Waals surface area contributed by atoms with Gasteiger partial charge in [-0.2, -0.15) is 0 Å². The van der Waals surface area contributed by atoms with Crippen molar-refractivity contribution in [3.8, 4) is 11.5 Å². The smallest absolute Gasteiger partial charge is 0.180 e. The second-order valence-corrected chi connectivity index (χ2v) is 5.70. The van der Waals surface area contributed by atoms with E-state index < -0.39 is 0 Å². The lowest BCUT2D eigenvalue weighted by atomic mass is 10.2. The highest BCUT2D eigenvalue weighted by molar-refractivity contribution is 6.32. The van der Waals surface area contributed by atoms with Crippen molar-refractivity contribution in [2.45, 2.75) is 13.2 Å². The number of methoxy groups -OCH3 is 1. The van der Waals surface area contributed by atoms with Crippen LogP contribution in [-0.2, 0) is 13.2 Å². The molecule has 7 heteroatoms. The number of hydrogen-bond donors (Lipinski definition) is 2. The van der Waals surface area contributed by atoms with E-state index in [1.165, 1.54) is 0 Å². The van der Waals surface area contributed by atoms with Crippen molar-refractivity contribution in [3.63, 3.8) is 0 Å². The van der Waals surface area contributed by atoms with E-state index in [0.717, 1.165) is 11.1 Å². The van der Waals surface area contributed by atoms with Crippen molar-refractivity contribution in [2.24, 2.45) is 0 Å². The second kappa shape index (κ2) is 10.6. The number of ether oxygens (including phenoxy) is 2. The molecule has 0 aliphatic rings. The molecule has 2 rings (SSSR count). The quantitative estimate of drug-likeness (QED) is 0.650. The molecule has 0 aliphatic carbocycles. The molecule has 4 nitrogen and oxygen atoms in total. The molecule has 0 saturated heterocycles. The third-order valence-corrected chi connectivity index (χ3v) is 3.89. The molecule has 132 valence electrons. The van der Waals surface area contributed by atoms with E-state index in [4.69, 9.17) is 37.8 Å². The molecule has 0 saturated carbocycles. The van der Waals surface area contributed by atoms with Gasteiger partial charge < -0.3 is 32.3 Å². The summed E-state index contributed by atoms with van der Waals surface area (Å²) in [5, 5.41) is 13.0. The van der Waals surface area contributed by atoms with Gasteiger partial charge in [0, 0.05) is 23.7 Å². The summed E-state index contributed by atoms with van der Waals surface area (Å²) < 4.78 is 11.2. The Hall–Kier alpha value is -1.17. The Morgan fingerprint density at radius 2 is 1.88 bits per heavy atom. The molecule has 0 heterocycles. The first kappa shape index (κ1) is 20.9. The Bertz CT molecular complexity index is 653. The van der Waals surface area contributed by atoms with E-state index in [-0.39, 0.29) is 19.0 Å². The largest absolute Gasteiger partial charge is 1.00 e. The van der Waals surface area contributed by atoms with Gasteiger partial charge in [-0.25, -0.2) is 0 Å². The maximum Gasteiger partial charge on any atom is 0.180 e. The fourth-order valence-electron chi connectivity index (χ4n) is 2.09. The fraction of sp³-hybridized carbons (Fsp3) is 0.294. The van der Waals surface area contributed by atoms with Crippen LogP contribution in [0.1, 0.15) is 11.1 Å². The van der Waals surface area contributed by atoms with Gasteiger partial charge in [-0.3, -0.25) is 0 Å². The lowest BCUT2D eigenvalue weighted by Gasteiger charge is -2.15. The Labute approximate surface area is 158 Å². The van der Waals surface area contributed by atoms with E-state index in [1.807, 2.05) is 36.4 Å². The Morgan fingerprint density at radius 1 is 1.12 bits per heavy atom. The zero-order valence-corrected chi connectivity index (χ0v) is 15.5. The highest BCUT2D eigenvalue weighted by Gasteiger charge is 2.13. The summed E-state index contributed by atoms with van der Waals surface area (Å²) in [5.41, 5.74) is 1.83. The third-order valence-electron chi connectivity index (χ3n) is 3.24. The van der Waals surface area contributed by atoms with E-state index in [2.05, 4.69) is 5.32 Å². The monoisotopic (exact) mass is 390 g/mol. The maximum absolute atomic E-state index is 8.80. The molecule has 24 heavy (non-hydrogen) atoms. The molecule has 0 aliphatic heterocycles. The average molecular weight is 392 g/mol. The van der Waals surface area contributed by atoms with Crippen molar-refractivity contribution >= 4 is 23.2 Å². The van der Waals surface area contributed by atoms with Crippen LogP contribution in [0.3, 0.4) is 0 Å². The number of benzene rings is 2. The van der Waals surface area contributed by atoms with Crippen LogP contribution in [0.25, 0.3) is 0 Å². The summed E-state index contributed by atoms with van der Waals surface area (Å²) >= 11 is 12.4. The highest BCUT2D eigenvalue weighted by Crippen LogP contribution is 2.37. The molecule has 0 amide bonds. The van der Waals surface area contributed by atoms with Crippen LogP contribution >= 0.6 is 23.2 Å². The zero-order valence-electron chi connectivity index (χ0n) is 13.2. The first-order valence-corrected chi connectivity index (χ1v) is 7.95. The van der Waals surface area contributed by atoms with E-state index in [9.17, 15) is 0 Å². The predicted octanol–water partition coefficient (Wildman–Crippen LogP) is 0.667. The first-order valence-electron chi connectivity index (χ1n) is 7.20. The molecule has 0 bridgehead atoms. The molecule has 0 aromatic heterocycles. The predicted molar refractivity (Wildman–Crippen MR) is 92.6 cm³/mol. The number of aliphatic hydroxyl groups is 1. The van der Waals surface area contributed by atoms with Gasteiger partial charge in [0.2, 0.25) is 0 Å². The normalized spacial score (nSPS) is 10.2. The van der Waals surface area contributed by atoms with Gasteiger partial charge in [0.1, 0.15) is 6.61 Å². The van der Waals surface area contributed by atoms with Gasteiger partial charge in [-0.1, -0.05) is 41.4 Å². The van der Waals surface area contributed by atoms with Gasteiger partial charge in [0.25, 0.3) is 0 Å². The molecular weight excluding hydrogens is 373 g/mol. The minimum absolute atomic E-state index is 0. The topological polar surface area (TPSA) is 50.7 Å². The number of nitrogens with one attached hydrogen (secondary N) is 1. The summed E-state index contributed by atoms with van der Waals surface area (Å²) in [6, 6.07) is 11.2. The molecule has 0 fully saturated rings. The van der Waals surface area contributed by atoms with Crippen LogP contribution in [-0.4, -0.2) is 25.4 Å². The third kappa shape index (κ3) is 5.72. The van der Waals surface area contributed by atoms with Crippen LogP contribution in [0.2, 0.25) is 10.0 Å². The van der Waals surface area contributed by atoms with Crippen molar-refractivity contribution in [1.29, 1.82) is 0 Å². The lowest BCUT2D eigenvalue weighted by Crippen LogP contribution is -3.00. The standard InChI is InChI=1S/C17H19Cl2NO3.ClH/c1-22-16-9-12(10-20-6-7-21)8-15(19)17(16)23-11-13-4-2-3-5-14(13)18;/h2-5,8-9,20-21H,6-7,10-11H2,1H3;1H/p-1. The van der Waals surface area contributed by atoms with Gasteiger partial charge in [0.05, 0.1) is 18.7 Å². The summed E-state index contributed by atoms with van der Waals surface area (Å²) in [6.45, 7) is 1.49. The minimum Gasteiger partial charge on any atom is -1.00 e. The highest BCUT2D eigenvalue weighted by atomic mass is 35.5. The summed E-state index contributed by atoms with van der Waals surface area (Å²) in [5.74, 6) is 1.05. The molecule has 2 N–H and O–H groups in total. The van der Waals surface area contributed by atoms with Crippen LogP contribution in [0.15, 0.2) is 36.4 Å². The number of rotatable bonds is 8. The van der Waals surface area contributed by atoms with Crippen LogP contribution in [0.5, 0.6) is 11.5 Å². The summed E-state index contributed by atoms with van der Waals surface area (Å²) in [4.78, 5) is 0. The van der Waals surface area contributed by atoms with Crippen molar-refractivity contribution in [2.75, 3.05) is 20.3 Å². The summed E-state index contributed by atoms with van der Waals surface area (Å²) in [7, 11) is 1.57. The van der Waals surface area contributed by atoms with E-state index >= 15 is 0 Å². The minimum atomic E-state index is 0. The van der Waals surface area contributed by atoms with Gasteiger partial charge >= 0.3 is 0 Å². The number of hydrogen-bond acceptors (Lipinski definition) is 4. The van der Waals surface area contributed by atoms with E-state index in [0.29, 0.717) is 41.2 Å². The molecule has 0 atom stereocenters. The zero-order chi connectivity index (χ0) is 16.7. The Balaban J connectivity index is 0.00000288. The number of halogens is 3. The van der Waals surface area contributed by atoms with Crippen LogP contribution in [0, 0.1) is 0 Å². The van der Waals surface area contributed by atoms with Crippen molar-refractivity contribution < 1.29 is 27.0 Å². The fourth-order valence-corrected chi connectivity index (χ4v) is 2.57. The van der Waals surface area contributed by atoms with Crippen molar-refractivity contribution in [1.82, 2.24) is 5.32 Å². The van der Waals surface area contributed by atoms with Crippen LogP contribution < -0.4 is 27.2 Å². The molecule has 0 radical (unpaired) electrons. The van der Waals surface area contributed by atoms with Gasteiger partial charge in [0.15, 0.2) is 11.5 Å². The van der Waals surface area contributed by atoms with Crippen molar-refractivity contribution in [3.05, 3.63) is 57.6 Å². The van der Waals surface area contributed by atoms with Gasteiger partial charge in [-0.15, -0.1) is 0 Å². The Morgan fingerprint density at radius 3 is 2.54 bits per heavy atom. The summed E-state index contributed by atoms with van der Waals surface area (Å²) in [6.07, 6.45) is 0. The first-order chi connectivity index (χ1) is 11.2. The van der Waals surface area contributed by atoms with E-state index in [1.54, 1.807) is 7.11 Å². The van der Waals surface area contributed by atoms with Gasteiger partial charge in [-0.05, 0) is 23.8 Å².